The number of rotatable bonds is 6. The third-order valence-electron chi connectivity index (χ3n) is 2.35. The van der Waals surface area contributed by atoms with E-state index in [1.165, 1.54) is 4.90 Å². The number of nitrogens with zero attached hydrogens (tertiary/aromatic N) is 1. The van der Waals surface area contributed by atoms with Crippen LogP contribution in [0.15, 0.2) is 24.3 Å². The Morgan fingerprint density at radius 2 is 2.00 bits per heavy atom. The molecule has 0 fully saturated rings. The van der Waals surface area contributed by atoms with E-state index in [2.05, 4.69) is 0 Å². The number of para-hydroxylation sites is 2. The van der Waals surface area contributed by atoms with Crippen molar-refractivity contribution >= 4 is 17.5 Å². The maximum atomic E-state index is 11.7. The van der Waals surface area contributed by atoms with Crippen molar-refractivity contribution in [1.29, 1.82) is 0 Å². The first-order valence-corrected chi connectivity index (χ1v) is 5.58. The quantitative estimate of drug-likeness (QED) is 0.694. The number of hydrogen-bond acceptors (Lipinski definition) is 4. The molecule has 6 heteroatoms. The second-order valence-corrected chi connectivity index (χ2v) is 3.70. The second-order valence-electron chi connectivity index (χ2n) is 3.70. The molecule has 0 aliphatic carbocycles. The van der Waals surface area contributed by atoms with E-state index in [1.807, 2.05) is 0 Å². The monoisotopic (exact) mass is 251 g/mol. The molecule has 1 aromatic carbocycles. The first-order valence-electron chi connectivity index (χ1n) is 5.58. The number of primary amides is 1. The van der Waals surface area contributed by atoms with Gasteiger partial charge in [-0.15, -0.1) is 0 Å². The first-order chi connectivity index (χ1) is 8.54. The summed E-state index contributed by atoms with van der Waals surface area (Å²) in [5, 5.41) is 0. The van der Waals surface area contributed by atoms with Crippen LogP contribution < -0.4 is 16.2 Å². The van der Waals surface area contributed by atoms with Gasteiger partial charge in [-0.2, -0.15) is 0 Å². The SMILES string of the molecule is CCN(CC(N)=O)C(=O)COc1ccccc1N. The predicted molar refractivity (Wildman–Crippen MR) is 67.8 cm³/mol. The molecule has 18 heavy (non-hydrogen) atoms. The summed E-state index contributed by atoms with van der Waals surface area (Å²) < 4.78 is 5.29. The Balaban J connectivity index is 2.54. The van der Waals surface area contributed by atoms with E-state index in [0.717, 1.165) is 0 Å². The molecular formula is C12H17N3O3. The van der Waals surface area contributed by atoms with Crippen molar-refractivity contribution in [2.24, 2.45) is 5.73 Å². The summed E-state index contributed by atoms with van der Waals surface area (Å²) in [5.41, 5.74) is 11.2. The first kappa shape index (κ1) is 13.8. The van der Waals surface area contributed by atoms with Crippen molar-refractivity contribution in [2.75, 3.05) is 25.4 Å². The van der Waals surface area contributed by atoms with E-state index < -0.39 is 5.91 Å². The maximum absolute atomic E-state index is 11.7. The minimum absolute atomic E-state index is 0.108. The van der Waals surface area contributed by atoms with Crippen molar-refractivity contribution in [3.8, 4) is 5.75 Å². The largest absolute Gasteiger partial charge is 0.482 e. The minimum Gasteiger partial charge on any atom is -0.482 e. The summed E-state index contributed by atoms with van der Waals surface area (Å²) in [6.45, 7) is 1.88. The average molecular weight is 251 g/mol. The highest BCUT2D eigenvalue weighted by Gasteiger charge is 2.14. The lowest BCUT2D eigenvalue weighted by molar-refractivity contribution is -0.136. The lowest BCUT2D eigenvalue weighted by Crippen LogP contribution is -2.40. The molecule has 0 spiro atoms. The van der Waals surface area contributed by atoms with Crippen LogP contribution in [0.25, 0.3) is 0 Å². The molecule has 2 amide bonds. The van der Waals surface area contributed by atoms with Crippen molar-refractivity contribution < 1.29 is 14.3 Å². The number of carbonyl (C=O) groups excluding carboxylic acids is 2. The number of ether oxygens (including phenoxy) is 1. The van der Waals surface area contributed by atoms with Crippen molar-refractivity contribution in [3.05, 3.63) is 24.3 Å². The molecule has 0 saturated heterocycles. The molecule has 98 valence electrons. The van der Waals surface area contributed by atoms with Gasteiger partial charge in [-0.05, 0) is 19.1 Å². The average Bonchev–Trinajstić information content (AvgIpc) is 2.34. The molecule has 0 aliphatic rings. The molecule has 0 atom stereocenters. The second kappa shape index (κ2) is 6.48. The Hall–Kier alpha value is -2.24. The smallest absolute Gasteiger partial charge is 0.260 e. The normalized spacial score (nSPS) is 9.83. The molecule has 0 aliphatic heterocycles. The molecule has 1 aromatic rings. The van der Waals surface area contributed by atoms with E-state index in [-0.39, 0.29) is 19.1 Å². The Kier molecular flexibility index (Phi) is 4.98. The fourth-order valence-corrected chi connectivity index (χ4v) is 1.41. The van der Waals surface area contributed by atoms with Crippen LogP contribution in [0.2, 0.25) is 0 Å². The highest BCUT2D eigenvalue weighted by molar-refractivity contribution is 5.84. The van der Waals surface area contributed by atoms with Crippen LogP contribution in [0.1, 0.15) is 6.92 Å². The Bertz CT molecular complexity index is 434. The third kappa shape index (κ3) is 3.97. The van der Waals surface area contributed by atoms with Gasteiger partial charge < -0.3 is 21.1 Å². The standard InChI is InChI=1S/C12H17N3O3/c1-2-15(7-11(14)16)12(17)8-18-10-6-4-3-5-9(10)13/h3-6H,2,7-8,13H2,1H3,(H2,14,16). The Labute approximate surface area is 105 Å². The van der Waals surface area contributed by atoms with Gasteiger partial charge in [0.25, 0.3) is 5.91 Å². The zero-order chi connectivity index (χ0) is 13.5. The van der Waals surface area contributed by atoms with Gasteiger partial charge in [0.15, 0.2) is 6.61 Å². The van der Waals surface area contributed by atoms with E-state index in [4.69, 9.17) is 16.2 Å². The van der Waals surface area contributed by atoms with Crippen LogP contribution in [0.3, 0.4) is 0 Å². The number of nitrogen functional groups attached to an aromatic ring is 1. The van der Waals surface area contributed by atoms with Crippen LogP contribution in [-0.2, 0) is 9.59 Å². The van der Waals surface area contributed by atoms with Crippen LogP contribution in [-0.4, -0.2) is 36.4 Å². The molecule has 0 bridgehead atoms. The number of amides is 2. The number of likely N-dealkylation sites (N-methyl/N-ethyl adjacent to an activating group) is 1. The van der Waals surface area contributed by atoms with Gasteiger partial charge in [0.05, 0.1) is 12.2 Å². The van der Waals surface area contributed by atoms with Gasteiger partial charge in [0, 0.05) is 6.54 Å². The van der Waals surface area contributed by atoms with Gasteiger partial charge in [0.2, 0.25) is 5.91 Å². The lowest BCUT2D eigenvalue weighted by atomic mass is 10.3. The Morgan fingerprint density at radius 1 is 1.33 bits per heavy atom. The summed E-state index contributed by atoms with van der Waals surface area (Å²) >= 11 is 0. The molecule has 0 radical (unpaired) electrons. The zero-order valence-corrected chi connectivity index (χ0v) is 10.3. The topological polar surface area (TPSA) is 98.6 Å². The summed E-state index contributed by atoms with van der Waals surface area (Å²) in [7, 11) is 0. The van der Waals surface area contributed by atoms with Crippen molar-refractivity contribution in [3.63, 3.8) is 0 Å². The highest BCUT2D eigenvalue weighted by Crippen LogP contribution is 2.19. The number of nitrogens with two attached hydrogens (primary N) is 2. The molecule has 4 N–H and O–H groups in total. The predicted octanol–water partition coefficient (Wildman–Crippen LogP) is -0.0186. The number of anilines is 1. The fraction of sp³-hybridized carbons (Fsp3) is 0.333. The number of hydrogen-bond donors (Lipinski definition) is 2. The van der Waals surface area contributed by atoms with E-state index in [9.17, 15) is 9.59 Å². The summed E-state index contributed by atoms with van der Waals surface area (Å²) in [6.07, 6.45) is 0. The minimum atomic E-state index is -0.551. The van der Waals surface area contributed by atoms with Crippen molar-refractivity contribution in [2.45, 2.75) is 6.92 Å². The zero-order valence-electron chi connectivity index (χ0n) is 10.3. The van der Waals surface area contributed by atoms with E-state index in [0.29, 0.717) is 18.0 Å². The summed E-state index contributed by atoms with van der Waals surface area (Å²) in [5.74, 6) is -0.412. The fourth-order valence-electron chi connectivity index (χ4n) is 1.41. The number of benzene rings is 1. The molecule has 0 unspecified atom stereocenters. The highest BCUT2D eigenvalue weighted by atomic mass is 16.5. The van der Waals surface area contributed by atoms with E-state index in [1.54, 1.807) is 31.2 Å². The number of carbonyl (C=O) groups is 2. The molecular weight excluding hydrogens is 234 g/mol. The van der Waals surface area contributed by atoms with Crippen LogP contribution >= 0.6 is 0 Å². The van der Waals surface area contributed by atoms with Crippen LogP contribution in [0.5, 0.6) is 5.75 Å². The van der Waals surface area contributed by atoms with Gasteiger partial charge in [-0.3, -0.25) is 9.59 Å². The third-order valence-corrected chi connectivity index (χ3v) is 2.35. The van der Waals surface area contributed by atoms with E-state index >= 15 is 0 Å². The van der Waals surface area contributed by atoms with Gasteiger partial charge in [-0.25, -0.2) is 0 Å². The van der Waals surface area contributed by atoms with Crippen LogP contribution in [0, 0.1) is 0 Å². The Morgan fingerprint density at radius 3 is 2.56 bits per heavy atom. The van der Waals surface area contributed by atoms with Crippen molar-refractivity contribution in [1.82, 2.24) is 4.90 Å². The molecule has 0 saturated carbocycles. The molecule has 1 rings (SSSR count). The lowest BCUT2D eigenvalue weighted by Gasteiger charge is -2.19. The summed E-state index contributed by atoms with van der Waals surface area (Å²) in [4.78, 5) is 23.8. The van der Waals surface area contributed by atoms with Crippen LogP contribution in [0.4, 0.5) is 5.69 Å². The maximum Gasteiger partial charge on any atom is 0.260 e. The van der Waals surface area contributed by atoms with Gasteiger partial charge in [-0.1, -0.05) is 12.1 Å². The molecule has 6 nitrogen and oxygen atoms in total. The van der Waals surface area contributed by atoms with Gasteiger partial charge >= 0.3 is 0 Å². The van der Waals surface area contributed by atoms with Gasteiger partial charge in [0.1, 0.15) is 5.75 Å². The molecule has 0 heterocycles. The molecule has 0 aromatic heterocycles. The summed E-state index contributed by atoms with van der Waals surface area (Å²) in [6, 6.07) is 6.89.